The van der Waals surface area contributed by atoms with E-state index in [1.807, 2.05) is 0 Å². The lowest BCUT2D eigenvalue weighted by Crippen LogP contribution is -2.45. The first-order valence-electron chi connectivity index (χ1n) is 4.86. The third-order valence-corrected chi connectivity index (χ3v) is 3.94. The van der Waals surface area contributed by atoms with Crippen LogP contribution in [0.4, 0.5) is 0 Å². The molecule has 0 heterocycles. The first-order chi connectivity index (χ1) is 5.33. The maximum Gasteiger partial charge on any atom is 0.139 e. The van der Waals surface area contributed by atoms with Crippen molar-refractivity contribution in [2.24, 2.45) is 23.7 Å². The Balaban J connectivity index is 1.96. The van der Waals surface area contributed by atoms with Crippen LogP contribution in [-0.2, 0) is 4.79 Å². The Morgan fingerprint density at radius 1 is 0.818 bits per heavy atom. The quantitative estimate of drug-likeness (QED) is 0.516. The van der Waals surface area contributed by atoms with Crippen LogP contribution in [0.15, 0.2) is 0 Å². The van der Waals surface area contributed by atoms with Crippen molar-refractivity contribution in [1.82, 2.24) is 0 Å². The molecule has 4 rings (SSSR count). The van der Waals surface area contributed by atoms with Gasteiger partial charge in [-0.05, 0) is 43.9 Å². The zero-order valence-electron chi connectivity index (χ0n) is 6.75. The van der Waals surface area contributed by atoms with E-state index in [0.717, 1.165) is 11.8 Å². The van der Waals surface area contributed by atoms with Gasteiger partial charge in [-0.1, -0.05) is 0 Å². The zero-order valence-corrected chi connectivity index (χ0v) is 6.75. The summed E-state index contributed by atoms with van der Waals surface area (Å²) in [4.78, 5) is 11.6. The van der Waals surface area contributed by atoms with Gasteiger partial charge in [0.15, 0.2) is 0 Å². The lowest BCUT2D eigenvalue weighted by molar-refractivity contribution is -0.139. The summed E-state index contributed by atoms with van der Waals surface area (Å²) in [5.74, 6) is 3.51. The Kier molecular flexibility index (Phi) is 1.06. The van der Waals surface area contributed by atoms with E-state index in [2.05, 4.69) is 0 Å². The second-order valence-electron chi connectivity index (χ2n) is 4.71. The molecule has 4 aliphatic carbocycles. The van der Waals surface area contributed by atoms with Crippen LogP contribution >= 0.6 is 0 Å². The molecular weight excluding hydrogens is 136 g/mol. The molecule has 1 heteroatoms. The third kappa shape index (κ3) is 0.743. The summed E-state index contributed by atoms with van der Waals surface area (Å²) in [6.07, 6.45) is 6.41. The molecule has 11 heavy (non-hydrogen) atoms. The Bertz CT molecular complexity index is 177. The summed E-state index contributed by atoms with van der Waals surface area (Å²) < 4.78 is 0. The number of rotatable bonds is 0. The van der Waals surface area contributed by atoms with E-state index < -0.39 is 0 Å². The average Bonchev–Trinajstić information content (AvgIpc) is 1.98. The van der Waals surface area contributed by atoms with Crippen molar-refractivity contribution in [1.29, 1.82) is 0 Å². The summed E-state index contributed by atoms with van der Waals surface area (Å²) in [6, 6.07) is 0. The fourth-order valence-corrected chi connectivity index (χ4v) is 3.65. The summed E-state index contributed by atoms with van der Waals surface area (Å²) in [6.45, 7) is 0. The van der Waals surface area contributed by atoms with Gasteiger partial charge in [0, 0.05) is 11.8 Å². The van der Waals surface area contributed by atoms with Crippen LogP contribution in [0.5, 0.6) is 0 Å². The normalized spacial score (nSPS) is 53.6. The molecule has 4 fully saturated rings. The molecule has 0 unspecified atom stereocenters. The predicted molar refractivity (Wildman–Crippen MR) is 42.1 cm³/mol. The van der Waals surface area contributed by atoms with Gasteiger partial charge in [0.2, 0.25) is 0 Å². The lowest BCUT2D eigenvalue weighted by Gasteiger charge is -2.48. The number of hydrogen-bond acceptors (Lipinski definition) is 1. The minimum absolute atomic E-state index is 0.506. The van der Waals surface area contributed by atoms with Gasteiger partial charge in [0.1, 0.15) is 5.78 Å². The third-order valence-electron chi connectivity index (χ3n) is 3.94. The van der Waals surface area contributed by atoms with E-state index in [4.69, 9.17) is 0 Å². The summed E-state index contributed by atoms with van der Waals surface area (Å²) in [5, 5.41) is 0. The minimum Gasteiger partial charge on any atom is -0.299 e. The molecule has 0 aliphatic heterocycles. The maximum atomic E-state index is 11.6. The summed E-state index contributed by atoms with van der Waals surface area (Å²) >= 11 is 0. The molecule has 0 aromatic heterocycles. The molecule has 0 N–H and O–H groups in total. The van der Waals surface area contributed by atoms with Crippen molar-refractivity contribution < 1.29 is 4.79 Å². The van der Waals surface area contributed by atoms with Crippen LogP contribution in [0, 0.1) is 23.7 Å². The van der Waals surface area contributed by atoms with Crippen molar-refractivity contribution in [3.05, 3.63) is 0 Å². The molecule has 1 nitrogen and oxygen atoms in total. The van der Waals surface area contributed by atoms with E-state index in [-0.39, 0.29) is 0 Å². The van der Waals surface area contributed by atoms with E-state index >= 15 is 0 Å². The van der Waals surface area contributed by atoms with E-state index in [1.54, 1.807) is 0 Å². The van der Waals surface area contributed by atoms with Gasteiger partial charge in [-0.25, -0.2) is 0 Å². The van der Waals surface area contributed by atoms with Gasteiger partial charge < -0.3 is 0 Å². The Morgan fingerprint density at radius 2 is 1.27 bits per heavy atom. The molecule has 4 saturated carbocycles. The molecule has 0 atom stereocenters. The topological polar surface area (TPSA) is 17.1 Å². The predicted octanol–water partition coefficient (Wildman–Crippen LogP) is 2.01. The fourth-order valence-electron chi connectivity index (χ4n) is 3.65. The highest BCUT2D eigenvalue weighted by Crippen LogP contribution is 2.51. The Hall–Kier alpha value is -0.330. The second-order valence-corrected chi connectivity index (χ2v) is 4.71. The highest BCUT2D eigenvalue weighted by molar-refractivity contribution is 5.85. The number of carbonyl (C=O) groups is 1. The Morgan fingerprint density at radius 3 is 1.73 bits per heavy atom. The summed E-state index contributed by atoms with van der Waals surface area (Å²) in [7, 11) is 0. The largest absolute Gasteiger partial charge is 0.299 e. The van der Waals surface area contributed by atoms with Crippen molar-refractivity contribution in [3.8, 4) is 0 Å². The molecule has 0 spiro atoms. The molecule has 0 saturated heterocycles. The van der Waals surface area contributed by atoms with Gasteiger partial charge in [0.25, 0.3) is 0 Å². The van der Waals surface area contributed by atoms with Crippen LogP contribution < -0.4 is 0 Å². The lowest BCUT2D eigenvalue weighted by atomic mass is 9.56. The van der Waals surface area contributed by atoms with Crippen molar-refractivity contribution in [2.75, 3.05) is 0 Å². The van der Waals surface area contributed by atoms with E-state index in [9.17, 15) is 4.79 Å². The van der Waals surface area contributed by atoms with Gasteiger partial charge in [0.05, 0.1) is 0 Å². The molecule has 0 aromatic carbocycles. The minimum atomic E-state index is 0.506. The molecule has 4 aliphatic rings. The van der Waals surface area contributed by atoms with Crippen molar-refractivity contribution in [3.63, 3.8) is 0 Å². The number of Topliss-reactive ketones (excluding diaryl/α,β-unsaturated/α-hetero) is 1. The van der Waals surface area contributed by atoms with Crippen LogP contribution in [0.1, 0.15) is 32.1 Å². The van der Waals surface area contributed by atoms with Gasteiger partial charge in [-0.2, -0.15) is 0 Å². The van der Waals surface area contributed by atoms with Crippen LogP contribution in [-0.4, -0.2) is 5.78 Å². The van der Waals surface area contributed by atoms with E-state index in [0.29, 0.717) is 17.6 Å². The maximum absolute atomic E-state index is 11.6. The van der Waals surface area contributed by atoms with Crippen molar-refractivity contribution >= 4 is 5.78 Å². The second kappa shape index (κ2) is 1.88. The monoisotopic (exact) mass is 150 g/mol. The van der Waals surface area contributed by atoms with Gasteiger partial charge in [-0.15, -0.1) is 0 Å². The molecule has 0 amide bonds. The average molecular weight is 150 g/mol. The molecule has 4 bridgehead atoms. The van der Waals surface area contributed by atoms with Crippen molar-refractivity contribution in [2.45, 2.75) is 32.1 Å². The standard InChI is InChI=1S/C10H14O/c11-10-8-2-6-1-7(4-8)5-9(10)3-6/h6-9H,1-5H2/t6-,7?,8+,9?/m0/s1. The van der Waals surface area contributed by atoms with Crippen LogP contribution in [0.25, 0.3) is 0 Å². The molecule has 60 valence electrons. The first kappa shape index (κ1) is 6.22. The van der Waals surface area contributed by atoms with Crippen LogP contribution in [0.3, 0.4) is 0 Å². The highest BCUT2D eigenvalue weighted by Gasteiger charge is 2.47. The zero-order chi connectivity index (χ0) is 7.42. The number of carbonyl (C=O) groups excluding carboxylic acids is 1. The van der Waals surface area contributed by atoms with Gasteiger partial charge in [-0.3, -0.25) is 4.79 Å². The first-order valence-corrected chi connectivity index (χ1v) is 4.86. The van der Waals surface area contributed by atoms with Crippen LogP contribution in [0.2, 0.25) is 0 Å². The Labute approximate surface area is 67.2 Å². The highest BCUT2D eigenvalue weighted by atomic mass is 16.1. The molecular formula is C10H14O. The smallest absolute Gasteiger partial charge is 0.139 e. The summed E-state index contributed by atoms with van der Waals surface area (Å²) in [5.41, 5.74) is 0. The molecule has 0 radical (unpaired) electrons. The molecule has 0 aromatic rings. The number of hydrogen-bond donors (Lipinski definition) is 0. The SMILES string of the molecule is O=C1C2CC3C[C@H](C2)C[C@@H]1C3. The fraction of sp³-hybridized carbons (Fsp3) is 0.900. The number of ketones is 1. The van der Waals surface area contributed by atoms with E-state index in [1.165, 1.54) is 32.1 Å². The van der Waals surface area contributed by atoms with Gasteiger partial charge >= 0.3 is 0 Å².